The summed E-state index contributed by atoms with van der Waals surface area (Å²) in [6.07, 6.45) is 2.37. The van der Waals surface area contributed by atoms with Crippen LogP contribution >= 0.6 is 0 Å². The topological polar surface area (TPSA) is 40.5 Å². The van der Waals surface area contributed by atoms with Gasteiger partial charge >= 0.3 is 5.97 Å². The number of hydrogen-bond acceptors (Lipinski definition) is 2. The Labute approximate surface area is 113 Å². The minimum Gasteiger partial charge on any atom is -0.478 e. The van der Waals surface area contributed by atoms with Gasteiger partial charge in [0, 0.05) is 19.7 Å². The van der Waals surface area contributed by atoms with E-state index in [1.807, 2.05) is 11.9 Å². The van der Waals surface area contributed by atoms with Crippen LogP contribution in [0.1, 0.15) is 26.3 Å². The fourth-order valence-electron chi connectivity index (χ4n) is 1.90. The molecule has 19 heavy (non-hydrogen) atoms. The second-order valence-electron chi connectivity index (χ2n) is 5.80. The minimum atomic E-state index is -1.05. The van der Waals surface area contributed by atoms with Gasteiger partial charge in [-0.05, 0) is 29.2 Å². The molecule has 0 amide bonds. The number of nitrogens with zero attached hydrogens (tertiary/aromatic N) is 1. The minimum absolute atomic E-state index is 0.0725. The average molecular weight is 265 g/mol. The number of carboxylic acids is 1. The normalized spacial score (nSPS) is 11.8. The lowest BCUT2D eigenvalue weighted by molar-refractivity contribution is -0.131. The van der Waals surface area contributed by atoms with Gasteiger partial charge in [-0.1, -0.05) is 26.8 Å². The number of carboxylic acid groups (broad SMARTS) is 1. The summed E-state index contributed by atoms with van der Waals surface area (Å²) in [5, 5.41) is 8.53. The van der Waals surface area contributed by atoms with Gasteiger partial charge in [0.25, 0.3) is 0 Å². The molecule has 0 radical (unpaired) electrons. The summed E-state index contributed by atoms with van der Waals surface area (Å²) in [5.74, 6) is -1.39. The van der Waals surface area contributed by atoms with Crippen LogP contribution < -0.4 is 4.90 Å². The van der Waals surface area contributed by atoms with Crippen molar-refractivity contribution in [2.75, 3.05) is 18.5 Å². The van der Waals surface area contributed by atoms with Crippen molar-refractivity contribution in [1.82, 2.24) is 0 Å². The van der Waals surface area contributed by atoms with E-state index in [1.165, 1.54) is 12.1 Å². The van der Waals surface area contributed by atoms with Crippen molar-refractivity contribution in [2.45, 2.75) is 20.8 Å². The van der Waals surface area contributed by atoms with Crippen LogP contribution in [0.15, 0.2) is 24.3 Å². The van der Waals surface area contributed by atoms with Crippen LogP contribution in [0.3, 0.4) is 0 Å². The van der Waals surface area contributed by atoms with Gasteiger partial charge in [-0.2, -0.15) is 0 Å². The highest BCUT2D eigenvalue weighted by Crippen LogP contribution is 2.24. The standard InChI is InChI=1S/C15H20FNO2/c1-15(2,3)10-17(4)13-7-5-11(9-12(13)16)6-8-14(18)19/h5-9H,10H2,1-4H3,(H,18,19). The zero-order valence-corrected chi connectivity index (χ0v) is 11.8. The first-order valence-electron chi connectivity index (χ1n) is 6.11. The molecule has 1 N–H and O–H groups in total. The van der Waals surface area contributed by atoms with Crippen LogP contribution in [0, 0.1) is 11.2 Å². The predicted molar refractivity (Wildman–Crippen MR) is 75.8 cm³/mol. The SMILES string of the molecule is CN(CC(C)(C)C)c1ccc(C=CC(=O)O)cc1F. The number of halogens is 1. The Morgan fingerprint density at radius 3 is 2.53 bits per heavy atom. The number of rotatable bonds is 4. The maximum atomic E-state index is 14.0. The van der Waals surface area contributed by atoms with Crippen molar-refractivity contribution in [1.29, 1.82) is 0 Å². The van der Waals surface area contributed by atoms with Gasteiger partial charge in [0.05, 0.1) is 5.69 Å². The number of carbonyl (C=O) groups is 1. The van der Waals surface area contributed by atoms with Crippen LogP contribution in [0.4, 0.5) is 10.1 Å². The number of aliphatic carboxylic acids is 1. The second kappa shape index (κ2) is 5.87. The molecular weight excluding hydrogens is 245 g/mol. The van der Waals surface area contributed by atoms with E-state index in [1.54, 1.807) is 12.1 Å². The van der Waals surface area contributed by atoms with Crippen LogP contribution in [-0.4, -0.2) is 24.7 Å². The third kappa shape index (κ3) is 5.12. The van der Waals surface area contributed by atoms with Crippen LogP contribution in [0.5, 0.6) is 0 Å². The molecule has 0 heterocycles. The summed E-state index contributed by atoms with van der Waals surface area (Å²) in [6.45, 7) is 7.00. The van der Waals surface area contributed by atoms with E-state index < -0.39 is 5.97 Å². The summed E-state index contributed by atoms with van der Waals surface area (Å²) in [6, 6.07) is 4.72. The molecule has 0 fully saturated rings. The first-order chi connectivity index (χ1) is 8.69. The smallest absolute Gasteiger partial charge is 0.328 e. The molecule has 0 aliphatic carbocycles. The van der Waals surface area contributed by atoms with Gasteiger partial charge in [0.15, 0.2) is 0 Å². The maximum Gasteiger partial charge on any atom is 0.328 e. The van der Waals surface area contributed by atoms with Crippen molar-refractivity contribution in [3.63, 3.8) is 0 Å². The van der Waals surface area contributed by atoms with Crippen molar-refractivity contribution in [3.8, 4) is 0 Å². The quantitative estimate of drug-likeness (QED) is 0.848. The average Bonchev–Trinajstić information content (AvgIpc) is 2.23. The molecule has 0 aliphatic rings. The molecular formula is C15H20FNO2. The zero-order valence-electron chi connectivity index (χ0n) is 11.8. The highest BCUT2D eigenvalue weighted by molar-refractivity contribution is 5.85. The molecule has 1 rings (SSSR count). The Morgan fingerprint density at radius 1 is 1.42 bits per heavy atom. The van der Waals surface area contributed by atoms with E-state index >= 15 is 0 Å². The molecule has 0 atom stereocenters. The van der Waals surface area contributed by atoms with Gasteiger partial charge < -0.3 is 10.0 Å². The molecule has 0 saturated heterocycles. The van der Waals surface area contributed by atoms with E-state index in [2.05, 4.69) is 20.8 Å². The summed E-state index contributed by atoms with van der Waals surface area (Å²) in [7, 11) is 1.84. The van der Waals surface area contributed by atoms with E-state index in [0.717, 1.165) is 12.6 Å². The molecule has 0 saturated carbocycles. The lowest BCUT2D eigenvalue weighted by Gasteiger charge is -2.28. The second-order valence-corrected chi connectivity index (χ2v) is 5.80. The number of benzene rings is 1. The van der Waals surface area contributed by atoms with Crippen molar-refractivity contribution >= 4 is 17.7 Å². The summed E-state index contributed by atoms with van der Waals surface area (Å²) in [5.41, 5.74) is 1.12. The third-order valence-corrected chi connectivity index (χ3v) is 2.51. The fourth-order valence-corrected chi connectivity index (χ4v) is 1.90. The Hall–Kier alpha value is -1.84. The van der Waals surface area contributed by atoms with Crippen LogP contribution in [-0.2, 0) is 4.79 Å². The Morgan fingerprint density at radius 2 is 2.05 bits per heavy atom. The molecule has 3 nitrogen and oxygen atoms in total. The lowest BCUT2D eigenvalue weighted by Crippen LogP contribution is -2.29. The van der Waals surface area contributed by atoms with Gasteiger partial charge in [-0.25, -0.2) is 9.18 Å². The van der Waals surface area contributed by atoms with Gasteiger partial charge in [-0.15, -0.1) is 0 Å². The van der Waals surface area contributed by atoms with E-state index in [4.69, 9.17) is 5.11 Å². The number of hydrogen-bond donors (Lipinski definition) is 1. The number of anilines is 1. The van der Waals surface area contributed by atoms with Crippen molar-refractivity contribution in [3.05, 3.63) is 35.7 Å². The molecule has 1 aromatic carbocycles. The molecule has 0 unspecified atom stereocenters. The molecule has 0 spiro atoms. The van der Waals surface area contributed by atoms with Crippen molar-refractivity contribution in [2.24, 2.45) is 5.41 Å². The monoisotopic (exact) mass is 265 g/mol. The first-order valence-corrected chi connectivity index (χ1v) is 6.11. The fraction of sp³-hybridized carbons (Fsp3) is 0.400. The predicted octanol–water partition coefficient (Wildman–Crippen LogP) is 3.41. The van der Waals surface area contributed by atoms with E-state index in [-0.39, 0.29) is 11.2 Å². The molecule has 0 aliphatic heterocycles. The zero-order chi connectivity index (χ0) is 14.6. The highest BCUT2D eigenvalue weighted by atomic mass is 19.1. The molecule has 1 aromatic rings. The largest absolute Gasteiger partial charge is 0.478 e. The Bertz CT molecular complexity index is 489. The maximum absolute atomic E-state index is 14.0. The molecule has 0 aromatic heterocycles. The summed E-state index contributed by atoms with van der Waals surface area (Å²) in [4.78, 5) is 12.3. The van der Waals surface area contributed by atoms with E-state index in [0.29, 0.717) is 11.3 Å². The Kier molecular flexibility index (Phi) is 4.70. The van der Waals surface area contributed by atoms with Gasteiger partial charge in [0.1, 0.15) is 5.82 Å². The van der Waals surface area contributed by atoms with Crippen LogP contribution in [0.2, 0.25) is 0 Å². The molecule has 104 valence electrons. The van der Waals surface area contributed by atoms with Gasteiger partial charge in [0.2, 0.25) is 0 Å². The Balaban J connectivity index is 2.91. The lowest BCUT2D eigenvalue weighted by atomic mass is 9.96. The summed E-state index contributed by atoms with van der Waals surface area (Å²) < 4.78 is 14.0. The molecule has 0 bridgehead atoms. The van der Waals surface area contributed by atoms with Crippen LogP contribution in [0.25, 0.3) is 6.08 Å². The molecule has 4 heteroatoms. The highest BCUT2D eigenvalue weighted by Gasteiger charge is 2.16. The third-order valence-electron chi connectivity index (χ3n) is 2.51. The first kappa shape index (κ1) is 15.2. The summed E-state index contributed by atoms with van der Waals surface area (Å²) >= 11 is 0. The van der Waals surface area contributed by atoms with E-state index in [9.17, 15) is 9.18 Å². The van der Waals surface area contributed by atoms with Gasteiger partial charge in [-0.3, -0.25) is 0 Å². The van der Waals surface area contributed by atoms with Crippen molar-refractivity contribution < 1.29 is 14.3 Å².